The maximum absolute atomic E-state index is 10.2. The Labute approximate surface area is 161 Å². The van der Waals surface area contributed by atoms with Crippen molar-refractivity contribution < 1.29 is 4.74 Å². The lowest BCUT2D eigenvalue weighted by Gasteiger charge is -2.65. The molecule has 0 heterocycles. The highest BCUT2D eigenvalue weighted by Gasteiger charge is 2.75. The fraction of sp³-hybridized carbons (Fsp3) is 0.417. The zero-order chi connectivity index (χ0) is 18.9. The molecule has 27 heavy (non-hydrogen) atoms. The maximum atomic E-state index is 10.2. The molecule has 0 saturated heterocycles. The van der Waals surface area contributed by atoms with E-state index in [9.17, 15) is 10.5 Å². The summed E-state index contributed by atoms with van der Waals surface area (Å²) in [5, 5.41) is 20.4. The lowest BCUT2D eigenvalue weighted by Crippen LogP contribution is -2.70. The Balaban J connectivity index is 1.75. The number of nitriles is 2. The van der Waals surface area contributed by atoms with E-state index < -0.39 is 11.0 Å². The summed E-state index contributed by atoms with van der Waals surface area (Å²) in [4.78, 5) is 0. The zero-order valence-corrected chi connectivity index (χ0v) is 15.6. The van der Waals surface area contributed by atoms with E-state index in [4.69, 9.17) is 4.74 Å². The summed E-state index contributed by atoms with van der Waals surface area (Å²) in [5.41, 5.74) is 0.343. The molecular weight excluding hydrogens is 332 g/mol. The molecule has 2 aliphatic carbocycles. The van der Waals surface area contributed by atoms with E-state index in [0.717, 1.165) is 36.8 Å². The molecule has 0 amide bonds. The molecule has 2 aliphatic rings. The van der Waals surface area contributed by atoms with Crippen LogP contribution in [0.5, 0.6) is 0 Å². The van der Waals surface area contributed by atoms with E-state index in [1.54, 1.807) is 0 Å². The van der Waals surface area contributed by atoms with E-state index in [1.165, 1.54) is 0 Å². The van der Waals surface area contributed by atoms with Crippen LogP contribution in [0, 0.1) is 34.0 Å². The van der Waals surface area contributed by atoms with Crippen LogP contribution in [0.4, 0.5) is 0 Å². The first-order valence-electron chi connectivity index (χ1n) is 9.79. The summed E-state index contributed by atoms with van der Waals surface area (Å²) in [6.45, 7) is 2.03. The lowest BCUT2D eigenvalue weighted by molar-refractivity contribution is -0.256. The van der Waals surface area contributed by atoms with Gasteiger partial charge in [0, 0.05) is 11.8 Å². The molecule has 0 unspecified atom stereocenters. The standard InChI is InChI=1S/C24H24N2O/c1-18(19-10-4-2-5-11-19)27-24-15-9-8-14-21(24)22(23(24,16-25)17-26)20-12-6-3-7-13-20/h2-7,10-13,18,21-22H,8-9,14-15H2,1H3/t18-,21-,22+,24+/m1/s1. The number of nitrogens with zero attached hydrogens (tertiary/aromatic N) is 2. The molecule has 2 saturated carbocycles. The monoisotopic (exact) mass is 356 g/mol. The molecule has 136 valence electrons. The highest BCUT2D eigenvalue weighted by Crippen LogP contribution is 2.70. The number of ether oxygens (including phenoxy) is 1. The van der Waals surface area contributed by atoms with Crippen LogP contribution in [0.2, 0.25) is 0 Å². The third-order valence-corrected chi connectivity index (χ3v) is 6.62. The van der Waals surface area contributed by atoms with Crippen molar-refractivity contribution in [2.24, 2.45) is 11.3 Å². The number of rotatable bonds is 4. The fourth-order valence-corrected chi connectivity index (χ4v) is 5.41. The predicted molar refractivity (Wildman–Crippen MR) is 103 cm³/mol. The Morgan fingerprint density at radius 1 is 0.963 bits per heavy atom. The van der Waals surface area contributed by atoms with Crippen molar-refractivity contribution in [3.05, 3.63) is 71.8 Å². The van der Waals surface area contributed by atoms with Crippen LogP contribution >= 0.6 is 0 Å². The Kier molecular flexibility index (Phi) is 4.50. The van der Waals surface area contributed by atoms with Gasteiger partial charge in [-0.3, -0.25) is 0 Å². The average Bonchev–Trinajstić information content (AvgIpc) is 2.72. The highest BCUT2D eigenvalue weighted by molar-refractivity contribution is 5.45. The minimum absolute atomic E-state index is 0.0861. The van der Waals surface area contributed by atoms with Crippen molar-refractivity contribution in [3.8, 4) is 12.1 Å². The normalized spacial score (nSPS) is 29.4. The fourth-order valence-electron chi connectivity index (χ4n) is 5.41. The van der Waals surface area contributed by atoms with Gasteiger partial charge in [-0.05, 0) is 30.9 Å². The van der Waals surface area contributed by atoms with Crippen molar-refractivity contribution in [1.82, 2.24) is 0 Å². The molecule has 0 bridgehead atoms. The molecular formula is C24H24N2O. The third-order valence-electron chi connectivity index (χ3n) is 6.62. The molecule has 0 spiro atoms. The summed E-state index contributed by atoms with van der Waals surface area (Å²) in [7, 11) is 0. The van der Waals surface area contributed by atoms with Crippen LogP contribution in [0.15, 0.2) is 60.7 Å². The van der Waals surface area contributed by atoms with Crippen molar-refractivity contribution in [2.45, 2.75) is 50.2 Å². The van der Waals surface area contributed by atoms with Gasteiger partial charge in [-0.25, -0.2) is 0 Å². The van der Waals surface area contributed by atoms with Crippen molar-refractivity contribution in [3.63, 3.8) is 0 Å². The van der Waals surface area contributed by atoms with E-state index in [-0.39, 0.29) is 17.9 Å². The second-order valence-corrected chi connectivity index (χ2v) is 7.83. The molecule has 2 fully saturated rings. The Morgan fingerprint density at radius 3 is 2.22 bits per heavy atom. The molecule has 4 atom stereocenters. The first kappa shape index (κ1) is 17.8. The minimum atomic E-state index is -1.14. The van der Waals surface area contributed by atoms with E-state index in [0.29, 0.717) is 0 Å². The van der Waals surface area contributed by atoms with Gasteiger partial charge in [-0.15, -0.1) is 0 Å². The molecule has 0 aromatic heterocycles. The van der Waals surface area contributed by atoms with Gasteiger partial charge in [0.1, 0.15) is 5.60 Å². The van der Waals surface area contributed by atoms with Gasteiger partial charge in [0.05, 0.1) is 18.2 Å². The predicted octanol–water partition coefficient (Wildman–Crippen LogP) is 5.52. The molecule has 2 aromatic rings. The number of hydrogen-bond donors (Lipinski definition) is 0. The number of hydrogen-bond acceptors (Lipinski definition) is 3. The van der Waals surface area contributed by atoms with Crippen LogP contribution < -0.4 is 0 Å². The van der Waals surface area contributed by atoms with Gasteiger partial charge >= 0.3 is 0 Å². The van der Waals surface area contributed by atoms with Gasteiger partial charge in [0.25, 0.3) is 0 Å². The molecule has 0 aliphatic heterocycles. The summed E-state index contributed by atoms with van der Waals surface area (Å²) >= 11 is 0. The topological polar surface area (TPSA) is 56.8 Å². The van der Waals surface area contributed by atoms with Crippen molar-refractivity contribution >= 4 is 0 Å². The van der Waals surface area contributed by atoms with Gasteiger partial charge in [0.2, 0.25) is 0 Å². The molecule has 4 rings (SSSR count). The van der Waals surface area contributed by atoms with E-state index >= 15 is 0 Å². The third kappa shape index (κ3) is 2.50. The van der Waals surface area contributed by atoms with Crippen LogP contribution in [0.1, 0.15) is 55.8 Å². The quantitative estimate of drug-likeness (QED) is 0.724. The molecule has 3 heteroatoms. The van der Waals surface area contributed by atoms with Gasteiger partial charge < -0.3 is 4.74 Å². The second kappa shape index (κ2) is 6.84. The van der Waals surface area contributed by atoms with Crippen LogP contribution in [0.25, 0.3) is 0 Å². The summed E-state index contributed by atoms with van der Waals surface area (Å²) in [5.74, 6) is 0.121. The first-order chi connectivity index (χ1) is 13.2. The summed E-state index contributed by atoms with van der Waals surface area (Å²) in [6, 6.07) is 25.0. The molecule has 0 N–H and O–H groups in total. The maximum Gasteiger partial charge on any atom is 0.179 e. The zero-order valence-electron chi connectivity index (χ0n) is 15.6. The summed E-state index contributed by atoms with van der Waals surface area (Å²) in [6.07, 6.45) is 3.77. The summed E-state index contributed by atoms with van der Waals surface area (Å²) < 4.78 is 6.67. The van der Waals surface area contributed by atoms with Crippen LogP contribution in [-0.4, -0.2) is 5.60 Å². The van der Waals surface area contributed by atoms with E-state index in [1.807, 2.05) is 67.6 Å². The molecule has 3 nitrogen and oxygen atoms in total. The Bertz CT molecular complexity index is 866. The van der Waals surface area contributed by atoms with Gasteiger partial charge in [-0.1, -0.05) is 73.5 Å². The number of benzene rings is 2. The smallest absolute Gasteiger partial charge is 0.179 e. The molecule has 0 radical (unpaired) electrons. The van der Waals surface area contributed by atoms with Gasteiger partial charge in [-0.2, -0.15) is 10.5 Å². The number of fused-ring (bicyclic) bond motifs is 1. The van der Waals surface area contributed by atoms with Gasteiger partial charge in [0.15, 0.2) is 5.41 Å². The van der Waals surface area contributed by atoms with Crippen molar-refractivity contribution in [2.75, 3.05) is 0 Å². The molecule has 2 aromatic carbocycles. The first-order valence-corrected chi connectivity index (χ1v) is 9.79. The lowest BCUT2D eigenvalue weighted by atomic mass is 9.39. The highest BCUT2D eigenvalue weighted by atomic mass is 16.5. The average molecular weight is 356 g/mol. The second-order valence-electron chi connectivity index (χ2n) is 7.83. The van der Waals surface area contributed by atoms with Crippen LogP contribution in [-0.2, 0) is 4.74 Å². The van der Waals surface area contributed by atoms with E-state index in [2.05, 4.69) is 12.1 Å². The van der Waals surface area contributed by atoms with Crippen LogP contribution in [0.3, 0.4) is 0 Å². The Hall–Kier alpha value is -2.62. The SMILES string of the molecule is C[C@@H](O[C@@]12CCCC[C@@H]1[C@H](c1ccccc1)C2(C#N)C#N)c1ccccc1. The largest absolute Gasteiger partial charge is 0.364 e. The Morgan fingerprint density at radius 2 is 1.59 bits per heavy atom. The van der Waals surface area contributed by atoms with Crippen molar-refractivity contribution in [1.29, 1.82) is 10.5 Å². The minimum Gasteiger partial charge on any atom is -0.364 e.